The number of hydrogen-bond acceptors (Lipinski definition) is 2. The van der Waals surface area contributed by atoms with Crippen LogP contribution >= 0.6 is 0 Å². The van der Waals surface area contributed by atoms with Crippen LogP contribution in [0.5, 0.6) is 0 Å². The lowest BCUT2D eigenvalue weighted by molar-refractivity contribution is -0.240. The number of hydrogen-bond donors (Lipinski definition) is 0. The Morgan fingerprint density at radius 1 is 0.931 bits per heavy atom. The van der Waals surface area contributed by atoms with Crippen molar-refractivity contribution in [3.63, 3.8) is 0 Å². The van der Waals surface area contributed by atoms with Gasteiger partial charge in [-0.1, -0.05) is 36.4 Å². The summed E-state index contributed by atoms with van der Waals surface area (Å²) < 4.78 is 0. The van der Waals surface area contributed by atoms with Crippen molar-refractivity contribution in [1.29, 1.82) is 0 Å². The van der Waals surface area contributed by atoms with Crippen molar-refractivity contribution < 1.29 is 4.79 Å². The van der Waals surface area contributed by atoms with Gasteiger partial charge in [-0.05, 0) is 97.4 Å². The molecule has 2 aromatic carbocycles. The summed E-state index contributed by atoms with van der Waals surface area (Å²) in [4.78, 5) is 13.3. The van der Waals surface area contributed by atoms with E-state index in [1.165, 1.54) is 48.4 Å². The van der Waals surface area contributed by atoms with Crippen LogP contribution in [0.15, 0.2) is 42.5 Å². The maximum absolute atomic E-state index is 13.3. The predicted molar refractivity (Wildman–Crippen MR) is 114 cm³/mol. The van der Waals surface area contributed by atoms with E-state index < -0.39 is 0 Å². The molecule has 5 aliphatic rings. The molecule has 0 aromatic heterocycles. The fourth-order valence-electron chi connectivity index (χ4n) is 8.38. The number of carbonyl (C=O) groups excluding carboxylic acids is 1. The largest absolute Gasteiger partial charge is 0.271 e. The Bertz CT molecular complexity index is 1020. The van der Waals surface area contributed by atoms with Crippen molar-refractivity contribution in [3.05, 3.63) is 48.0 Å². The third kappa shape index (κ3) is 1.96. The van der Waals surface area contributed by atoms with E-state index in [4.69, 9.17) is 0 Å². The van der Waals surface area contributed by atoms with Gasteiger partial charge in [0.25, 0.3) is 5.91 Å². The van der Waals surface area contributed by atoms with Gasteiger partial charge in [0.15, 0.2) is 0 Å². The van der Waals surface area contributed by atoms with Gasteiger partial charge in [0.05, 0.1) is 6.04 Å². The molecule has 1 heterocycles. The first kappa shape index (κ1) is 16.9. The molecule has 29 heavy (non-hydrogen) atoms. The summed E-state index contributed by atoms with van der Waals surface area (Å²) in [7, 11) is 0. The molecule has 5 fully saturated rings. The number of benzene rings is 2. The van der Waals surface area contributed by atoms with E-state index in [0.29, 0.717) is 17.4 Å². The first-order chi connectivity index (χ1) is 14.0. The van der Waals surface area contributed by atoms with E-state index in [0.717, 1.165) is 30.2 Å². The summed E-state index contributed by atoms with van der Waals surface area (Å²) in [6.45, 7) is 5.05. The van der Waals surface area contributed by atoms with E-state index in [-0.39, 0.29) is 5.54 Å². The Labute approximate surface area is 173 Å². The van der Waals surface area contributed by atoms with Crippen LogP contribution in [-0.4, -0.2) is 27.5 Å². The summed E-state index contributed by atoms with van der Waals surface area (Å²) in [6.07, 6.45) is 7.05. The van der Waals surface area contributed by atoms with Gasteiger partial charge in [-0.15, -0.1) is 0 Å². The SMILES string of the molecule is CC1(C)C(=O)N(C2C3CC4CC5CC2CC45C3)N1Cc1ccc2ccccc2c1. The highest BCUT2D eigenvalue weighted by Gasteiger charge is 2.71. The zero-order valence-electron chi connectivity index (χ0n) is 17.5. The summed E-state index contributed by atoms with van der Waals surface area (Å²) in [5.41, 5.74) is 1.62. The summed E-state index contributed by atoms with van der Waals surface area (Å²) in [5.74, 6) is 3.79. The molecular formula is C26H30N2O. The van der Waals surface area contributed by atoms with Crippen molar-refractivity contribution in [2.45, 2.75) is 64.1 Å². The Morgan fingerprint density at radius 2 is 1.62 bits per heavy atom. The van der Waals surface area contributed by atoms with E-state index in [1.807, 2.05) is 0 Å². The second-order valence-electron chi connectivity index (χ2n) is 11.2. The molecule has 4 atom stereocenters. The lowest BCUT2D eigenvalue weighted by Crippen LogP contribution is -2.78. The second kappa shape index (κ2) is 5.24. The van der Waals surface area contributed by atoms with Gasteiger partial charge in [-0.2, -0.15) is 5.01 Å². The molecule has 4 aliphatic carbocycles. The lowest BCUT2D eigenvalue weighted by atomic mass is 9.56. The number of hydrazine groups is 1. The Balaban J connectivity index is 1.22. The molecule has 2 aromatic rings. The third-order valence-corrected chi connectivity index (χ3v) is 9.69. The maximum atomic E-state index is 13.3. The van der Waals surface area contributed by atoms with Gasteiger partial charge in [0.2, 0.25) is 0 Å². The average Bonchev–Trinajstić information content (AvgIpc) is 3.09. The molecule has 4 unspecified atom stereocenters. The fraction of sp³-hybridized carbons (Fsp3) is 0.577. The summed E-state index contributed by atoms with van der Waals surface area (Å²) >= 11 is 0. The average molecular weight is 387 g/mol. The van der Waals surface area contributed by atoms with Crippen LogP contribution in [0.4, 0.5) is 0 Å². The van der Waals surface area contributed by atoms with Gasteiger partial charge >= 0.3 is 0 Å². The van der Waals surface area contributed by atoms with Gasteiger partial charge in [0.1, 0.15) is 5.54 Å². The zero-order valence-corrected chi connectivity index (χ0v) is 17.5. The van der Waals surface area contributed by atoms with Crippen LogP contribution in [0.25, 0.3) is 10.8 Å². The molecule has 7 rings (SSSR count). The third-order valence-electron chi connectivity index (χ3n) is 9.69. The van der Waals surface area contributed by atoms with Crippen molar-refractivity contribution >= 4 is 16.7 Å². The molecule has 1 spiro atoms. The molecule has 3 heteroatoms. The molecule has 0 N–H and O–H groups in total. The second-order valence-corrected chi connectivity index (χ2v) is 11.2. The topological polar surface area (TPSA) is 23.6 Å². The number of fused-ring (bicyclic) bond motifs is 3. The van der Waals surface area contributed by atoms with Crippen LogP contribution < -0.4 is 0 Å². The molecule has 1 saturated heterocycles. The van der Waals surface area contributed by atoms with E-state index >= 15 is 0 Å². The Kier molecular flexibility index (Phi) is 3.05. The van der Waals surface area contributed by atoms with Gasteiger partial charge in [-0.3, -0.25) is 9.80 Å². The number of nitrogens with zero attached hydrogens (tertiary/aromatic N) is 2. The minimum atomic E-state index is -0.389. The van der Waals surface area contributed by atoms with E-state index in [2.05, 4.69) is 66.3 Å². The minimum Gasteiger partial charge on any atom is -0.271 e. The predicted octanol–water partition coefficient (Wildman–Crippen LogP) is 5.00. The lowest BCUT2D eigenvalue weighted by Gasteiger charge is -2.61. The highest BCUT2D eigenvalue weighted by atomic mass is 16.2. The van der Waals surface area contributed by atoms with Gasteiger partial charge < -0.3 is 0 Å². The normalized spacial score (nSPS) is 41.5. The minimum absolute atomic E-state index is 0.350. The Morgan fingerprint density at radius 3 is 2.34 bits per heavy atom. The van der Waals surface area contributed by atoms with Crippen LogP contribution in [0, 0.1) is 29.1 Å². The molecule has 4 saturated carbocycles. The van der Waals surface area contributed by atoms with Crippen LogP contribution in [-0.2, 0) is 11.3 Å². The molecule has 1 aliphatic heterocycles. The van der Waals surface area contributed by atoms with Crippen LogP contribution in [0.1, 0.15) is 51.5 Å². The van der Waals surface area contributed by atoms with Crippen molar-refractivity contribution in [2.75, 3.05) is 0 Å². The first-order valence-electron chi connectivity index (χ1n) is 11.6. The molecule has 1 amide bonds. The number of amides is 1. The molecule has 150 valence electrons. The smallest absolute Gasteiger partial charge is 0.258 e. The van der Waals surface area contributed by atoms with Crippen LogP contribution in [0.2, 0.25) is 0 Å². The molecule has 3 nitrogen and oxygen atoms in total. The molecule has 3 bridgehead atoms. The maximum Gasteiger partial charge on any atom is 0.258 e. The summed E-state index contributed by atoms with van der Waals surface area (Å²) in [5, 5.41) is 7.21. The number of rotatable bonds is 3. The fourth-order valence-corrected chi connectivity index (χ4v) is 8.38. The standard InChI is InChI=1S/C26H30N2O/c1-25(2)24(29)28(23-19-10-21-12-22-11-20(23)14-26(21,22)13-19)27(25)15-16-7-8-17-5-3-4-6-18(17)9-16/h3-9,19-23H,10-15H2,1-2H3. The van der Waals surface area contributed by atoms with Crippen molar-refractivity contribution in [2.24, 2.45) is 29.1 Å². The van der Waals surface area contributed by atoms with Gasteiger partial charge in [0, 0.05) is 6.54 Å². The quantitative estimate of drug-likeness (QED) is 0.741. The Hall–Kier alpha value is -1.87. The zero-order chi connectivity index (χ0) is 19.5. The first-order valence-corrected chi connectivity index (χ1v) is 11.6. The van der Waals surface area contributed by atoms with Crippen molar-refractivity contribution in [3.8, 4) is 0 Å². The number of carbonyl (C=O) groups is 1. The molecule has 0 radical (unpaired) electrons. The van der Waals surface area contributed by atoms with E-state index in [9.17, 15) is 4.79 Å². The monoisotopic (exact) mass is 386 g/mol. The van der Waals surface area contributed by atoms with E-state index in [1.54, 1.807) is 0 Å². The van der Waals surface area contributed by atoms with Gasteiger partial charge in [-0.25, -0.2) is 0 Å². The molecular weight excluding hydrogens is 356 g/mol. The highest BCUT2D eigenvalue weighted by Crippen LogP contribution is 2.76. The van der Waals surface area contributed by atoms with Crippen LogP contribution in [0.3, 0.4) is 0 Å². The highest BCUT2D eigenvalue weighted by molar-refractivity contribution is 5.90. The van der Waals surface area contributed by atoms with Crippen molar-refractivity contribution in [1.82, 2.24) is 10.0 Å². The summed E-state index contributed by atoms with van der Waals surface area (Å²) in [6, 6.07) is 15.8.